The first-order chi connectivity index (χ1) is 8.50. The summed E-state index contributed by atoms with van der Waals surface area (Å²) in [6, 6.07) is 5.27. The average Bonchev–Trinajstić information content (AvgIpc) is 2.31. The Morgan fingerprint density at radius 1 is 1.44 bits per heavy atom. The number of hydrogen-bond donors (Lipinski definition) is 2. The van der Waals surface area contributed by atoms with Gasteiger partial charge in [0.05, 0.1) is 6.61 Å². The number of hydrogen-bond acceptors (Lipinski definition) is 3. The number of anilines is 1. The van der Waals surface area contributed by atoms with Gasteiger partial charge in [-0.05, 0) is 36.6 Å². The molecule has 0 aliphatic heterocycles. The largest absolute Gasteiger partial charge is 0.399 e. The van der Waals surface area contributed by atoms with Crippen molar-refractivity contribution in [3.63, 3.8) is 0 Å². The summed E-state index contributed by atoms with van der Waals surface area (Å²) in [7, 11) is 0. The van der Waals surface area contributed by atoms with Crippen LogP contribution >= 0.6 is 0 Å². The minimum atomic E-state index is -0.0914. The molecule has 0 bridgehead atoms. The van der Waals surface area contributed by atoms with E-state index in [1.165, 1.54) is 0 Å². The van der Waals surface area contributed by atoms with Gasteiger partial charge in [0.25, 0.3) is 5.91 Å². The molecule has 0 saturated heterocycles. The fraction of sp³-hybridized carbons (Fsp3) is 0.500. The normalized spacial score (nSPS) is 10.7. The van der Waals surface area contributed by atoms with Crippen molar-refractivity contribution in [3.8, 4) is 0 Å². The van der Waals surface area contributed by atoms with E-state index < -0.39 is 0 Å². The monoisotopic (exact) mass is 250 g/mol. The van der Waals surface area contributed by atoms with E-state index in [4.69, 9.17) is 10.5 Å². The first-order valence-electron chi connectivity index (χ1n) is 6.22. The van der Waals surface area contributed by atoms with E-state index >= 15 is 0 Å². The van der Waals surface area contributed by atoms with Crippen LogP contribution < -0.4 is 11.1 Å². The van der Waals surface area contributed by atoms with E-state index in [9.17, 15) is 4.79 Å². The molecule has 0 heterocycles. The number of benzene rings is 1. The summed E-state index contributed by atoms with van der Waals surface area (Å²) in [6.45, 7) is 7.85. The molecule has 4 nitrogen and oxygen atoms in total. The van der Waals surface area contributed by atoms with Crippen LogP contribution in [-0.2, 0) is 4.74 Å². The van der Waals surface area contributed by atoms with Crippen LogP contribution in [0.1, 0.15) is 29.8 Å². The number of carbonyl (C=O) groups is 1. The van der Waals surface area contributed by atoms with E-state index in [2.05, 4.69) is 19.2 Å². The maximum atomic E-state index is 11.8. The first kappa shape index (κ1) is 14.5. The Morgan fingerprint density at radius 3 is 2.78 bits per heavy atom. The quantitative estimate of drug-likeness (QED) is 0.599. The van der Waals surface area contributed by atoms with E-state index in [0.29, 0.717) is 30.3 Å². The molecule has 1 aromatic rings. The Kier molecular flexibility index (Phi) is 5.65. The second-order valence-corrected chi connectivity index (χ2v) is 4.80. The minimum absolute atomic E-state index is 0.0914. The fourth-order valence-electron chi connectivity index (χ4n) is 1.47. The molecule has 1 aromatic carbocycles. The molecule has 0 fully saturated rings. The highest BCUT2D eigenvalue weighted by Gasteiger charge is 2.06. The number of ether oxygens (including phenoxy) is 1. The molecule has 1 rings (SSSR count). The summed E-state index contributed by atoms with van der Waals surface area (Å²) < 4.78 is 5.39. The topological polar surface area (TPSA) is 64.3 Å². The number of aryl methyl sites for hydroxylation is 1. The fourth-order valence-corrected chi connectivity index (χ4v) is 1.47. The molecule has 0 saturated carbocycles. The van der Waals surface area contributed by atoms with E-state index in [1.54, 1.807) is 18.2 Å². The van der Waals surface area contributed by atoms with Crippen LogP contribution in [-0.4, -0.2) is 25.7 Å². The molecular weight excluding hydrogens is 228 g/mol. The van der Waals surface area contributed by atoms with Gasteiger partial charge in [-0.3, -0.25) is 4.79 Å². The summed E-state index contributed by atoms with van der Waals surface area (Å²) in [5.74, 6) is 0.423. The molecule has 4 heteroatoms. The Hall–Kier alpha value is -1.55. The number of nitrogens with two attached hydrogens (primary N) is 1. The molecule has 0 aromatic heterocycles. The standard InChI is InChI=1S/C14H22N2O2/c1-10(2)9-18-7-6-16-14(17)12-4-5-13(15)11(3)8-12/h4-5,8,10H,6-7,9,15H2,1-3H3,(H,16,17). The highest BCUT2D eigenvalue weighted by molar-refractivity contribution is 5.94. The highest BCUT2D eigenvalue weighted by atomic mass is 16.5. The van der Waals surface area contributed by atoms with Crippen molar-refractivity contribution < 1.29 is 9.53 Å². The van der Waals surface area contributed by atoms with Crippen LogP contribution in [0.15, 0.2) is 18.2 Å². The van der Waals surface area contributed by atoms with Crippen molar-refractivity contribution in [2.24, 2.45) is 5.92 Å². The third kappa shape index (κ3) is 4.75. The maximum Gasteiger partial charge on any atom is 0.251 e. The number of nitrogens with one attached hydrogen (secondary N) is 1. The minimum Gasteiger partial charge on any atom is -0.399 e. The van der Waals surface area contributed by atoms with Crippen LogP contribution in [0.2, 0.25) is 0 Å². The van der Waals surface area contributed by atoms with Crippen LogP contribution in [0.25, 0.3) is 0 Å². The summed E-state index contributed by atoms with van der Waals surface area (Å²) in [5.41, 5.74) is 7.95. The van der Waals surface area contributed by atoms with Crippen molar-refractivity contribution in [2.75, 3.05) is 25.5 Å². The van der Waals surface area contributed by atoms with Gasteiger partial charge < -0.3 is 15.8 Å². The maximum absolute atomic E-state index is 11.8. The predicted molar refractivity (Wildman–Crippen MR) is 73.6 cm³/mol. The van der Waals surface area contributed by atoms with Gasteiger partial charge in [-0.25, -0.2) is 0 Å². The Balaban J connectivity index is 2.34. The Labute approximate surface area is 109 Å². The third-order valence-electron chi connectivity index (χ3n) is 2.52. The lowest BCUT2D eigenvalue weighted by Gasteiger charge is -2.09. The molecule has 0 atom stereocenters. The van der Waals surface area contributed by atoms with Gasteiger partial charge in [-0.15, -0.1) is 0 Å². The molecule has 100 valence electrons. The van der Waals surface area contributed by atoms with Crippen molar-refractivity contribution in [2.45, 2.75) is 20.8 Å². The summed E-state index contributed by atoms with van der Waals surface area (Å²) in [4.78, 5) is 11.8. The highest BCUT2D eigenvalue weighted by Crippen LogP contribution is 2.12. The molecule has 1 amide bonds. The molecule has 0 spiro atoms. The van der Waals surface area contributed by atoms with Gasteiger partial charge in [0.15, 0.2) is 0 Å². The van der Waals surface area contributed by atoms with Crippen LogP contribution in [0, 0.1) is 12.8 Å². The van der Waals surface area contributed by atoms with Crippen molar-refractivity contribution in [1.82, 2.24) is 5.32 Å². The van der Waals surface area contributed by atoms with Crippen molar-refractivity contribution >= 4 is 11.6 Å². The van der Waals surface area contributed by atoms with Crippen molar-refractivity contribution in [1.29, 1.82) is 0 Å². The summed E-state index contributed by atoms with van der Waals surface area (Å²) >= 11 is 0. The SMILES string of the molecule is Cc1cc(C(=O)NCCOCC(C)C)ccc1N. The molecule has 18 heavy (non-hydrogen) atoms. The molecule has 3 N–H and O–H groups in total. The lowest BCUT2D eigenvalue weighted by atomic mass is 10.1. The van der Waals surface area contributed by atoms with E-state index in [0.717, 1.165) is 12.2 Å². The summed E-state index contributed by atoms with van der Waals surface area (Å²) in [5, 5.41) is 2.81. The van der Waals surface area contributed by atoms with Gasteiger partial charge in [0.2, 0.25) is 0 Å². The van der Waals surface area contributed by atoms with Gasteiger partial charge in [0, 0.05) is 24.4 Å². The van der Waals surface area contributed by atoms with E-state index in [-0.39, 0.29) is 5.91 Å². The van der Waals surface area contributed by atoms with E-state index in [1.807, 2.05) is 6.92 Å². The first-order valence-corrected chi connectivity index (χ1v) is 6.22. The molecule has 0 aliphatic rings. The second kappa shape index (κ2) is 7.01. The predicted octanol–water partition coefficient (Wildman–Crippen LogP) is 1.98. The summed E-state index contributed by atoms with van der Waals surface area (Å²) in [6.07, 6.45) is 0. The third-order valence-corrected chi connectivity index (χ3v) is 2.52. The van der Waals surface area contributed by atoms with Crippen LogP contribution in [0.5, 0.6) is 0 Å². The van der Waals surface area contributed by atoms with Crippen LogP contribution in [0.4, 0.5) is 5.69 Å². The van der Waals surface area contributed by atoms with Crippen molar-refractivity contribution in [3.05, 3.63) is 29.3 Å². The van der Waals surface area contributed by atoms with Gasteiger partial charge >= 0.3 is 0 Å². The number of amides is 1. The lowest BCUT2D eigenvalue weighted by molar-refractivity contribution is 0.0886. The molecule has 0 unspecified atom stereocenters. The Morgan fingerprint density at radius 2 is 2.17 bits per heavy atom. The van der Waals surface area contributed by atoms with Gasteiger partial charge in [-0.1, -0.05) is 13.8 Å². The zero-order valence-electron chi connectivity index (χ0n) is 11.3. The Bertz CT molecular complexity index is 403. The van der Waals surface area contributed by atoms with Gasteiger partial charge in [0.1, 0.15) is 0 Å². The number of rotatable bonds is 6. The van der Waals surface area contributed by atoms with Crippen LogP contribution in [0.3, 0.4) is 0 Å². The second-order valence-electron chi connectivity index (χ2n) is 4.80. The number of nitrogen functional groups attached to an aromatic ring is 1. The molecular formula is C14H22N2O2. The lowest BCUT2D eigenvalue weighted by Crippen LogP contribution is -2.27. The number of carbonyl (C=O) groups excluding carboxylic acids is 1. The molecule has 0 radical (unpaired) electrons. The van der Waals surface area contributed by atoms with Gasteiger partial charge in [-0.2, -0.15) is 0 Å². The molecule has 0 aliphatic carbocycles. The zero-order chi connectivity index (χ0) is 13.5. The smallest absolute Gasteiger partial charge is 0.251 e. The average molecular weight is 250 g/mol. The zero-order valence-corrected chi connectivity index (χ0v) is 11.3.